The summed E-state index contributed by atoms with van der Waals surface area (Å²) in [6.07, 6.45) is 25.8. The highest BCUT2D eigenvalue weighted by Crippen LogP contribution is 2.16. The van der Waals surface area contributed by atoms with E-state index in [0.717, 1.165) is 5.56 Å². The number of quaternary nitrogens is 1. The third-order valence-corrected chi connectivity index (χ3v) is 8.90. The molecule has 0 N–H and O–H groups in total. The first-order chi connectivity index (χ1) is 18.2. The number of rotatable bonds is 23. The minimum atomic E-state index is -4.27. The number of hydrogen-bond acceptors (Lipinski definition) is 3. The van der Waals surface area contributed by atoms with Crippen molar-refractivity contribution >= 4 is 26.0 Å². The first kappa shape index (κ1) is 37.6. The maximum atomic E-state index is 10.4. The van der Waals surface area contributed by atoms with Crippen LogP contribution in [-0.4, -0.2) is 49.5 Å². The van der Waals surface area contributed by atoms with E-state index < -0.39 is 10.1 Å². The Morgan fingerprint density at radius 3 is 1.32 bits per heavy atom. The van der Waals surface area contributed by atoms with Crippen molar-refractivity contribution in [2.24, 2.45) is 0 Å². The first-order valence-corrected chi connectivity index (χ1v) is 18.1. The third kappa shape index (κ3) is 22.4. The summed E-state index contributed by atoms with van der Waals surface area (Å²) < 4.78 is 32.5. The number of alkyl halides is 1. The molecule has 6 heteroatoms. The minimum Gasteiger partial charge on any atom is -0.744 e. The molecule has 1 rings (SSSR count). The molecule has 0 radical (unpaired) electrons. The van der Waals surface area contributed by atoms with Gasteiger partial charge in [-0.15, -0.1) is 0 Å². The number of unbranched alkanes of at least 4 members (excludes halogenated alkanes) is 15. The molecule has 0 aliphatic heterocycles. The molecule has 0 aliphatic rings. The van der Waals surface area contributed by atoms with Crippen molar-refractivity contribution in [3.05, 3.63) is 29.8 Å². The van der Waals surface area contributed by atoms with Gasteiger partial charge in [0.15, 0.2) is 0 Å². The second-order valence-electron chi connectivity index (χ2n) is 11.4. The summed E-state index contributed by atoms with van der Waals surface area (Å²) in [5.41, 5.74) is 0.928. The Hall–Kier alpha value is -0.430. The van der Waals surface area contributed by atoms with Crippen molar-refractivity contribution in [1.82, 2.24) is 0 Å². The zero-order valence-corrected chi connectivity index (χ0v) is 27.7. The van der Waals surface area contributed by atoms with Crippen molar-refractivity contribution in [3.63, 3.8) is 0 Å². The molecule has 4 nitrogen and oxygen atoms in total. The fourth-order valence-electron chi connectivity index (χ4n) is 4.88. The molecule has 0 saturated carbocycles. The highest BCUT2D eigenvalue weighted by Gasteiger charge is 2.20. The number of aryl methyl sites for hydroxylation is 1. The van der Waals surface area contributed by atoms with Gasteiger partial charge in [0.05, 0.1) is 31.6 Å². The molecule has 0 bridgehead atoms. The Kier molecular flexibility index (Phi) is 24.1. The Labute approximate surface area is 245 Å². The molecule has 0 heterocycles. The molecule has 38 heavy (non-hydrogen) atoms. The first-order valence-electron chi connectivity index (χ1n) is 15.6. The van der Waals surface area contributed by atoms with E-state index in [4.69, 9.17) is 0 Å². The number of benzene rings is 1. The van der Waals surface area contributed by atoms with Gasteiger partial charge in [0.1, 0.15) is 10.1 Å². The fourth-order valence-corrected chi connectivity index (χ4v) is 5.75. The summed E-state index contributed by atoms with van der Waals surface area (Å²) in [6, 6.07) is 5.78. The lowest BCUT2D eigenvalue weighted by atomic mass is 10.1. The average Bonchev–Trinajstić information content (AvgIpc) is 2.87. The van der Waals surface area contributed by atoms with E-state index in [1.54, 1.807) is 12.1 Å². The normalized spacial score (nSPS) is 11.8. The molecule has 0 fully saturated rings. The lowest BCUT2D eigenvalue weighted by Gasteiger charge is -2.35. The van der Waals surface area contributed by atoms with E-state index in [1.807, 2.05) is 6.92 Å². The standard InChI is InChI=1S/C25H53BrN.C7H8O3S/c1-4-6-8-10-12-14-16-19-23-27(3,25-21-18-22-26)24-20-17-15-13-11-9-7-5-2;1-6-2-4-7(5-3-6)11(8,9)10/h4-25H2,1-3H3;2-5H,1H3,(H,8,9,10)/q+1;/p-1. The topological polar surface area (TPSA) is 57.2 Å². The Morgan fingerprint density at radius 1 is 0.632 bits per heavy atom. The highest BCUT2D eigenvalue weighted by molar-refractivity contribution is 9.09. The van der Waals surface area contributed by atoms with Crippen molar-refractivity contribution < 1.29 is 17.5 Å². The summed E-state index contributed by atoms with van der Waals surface area (Å²) in [6.45, 7) is 10.6. The van der Waals surface area contributed by atoms with Crippen LogP contribution in [0.25, 0.3) is 0 Å². The maximum Gasteiger partial charge on any atom is 0.124 e. The van der Waals surface area contributed by atoms with Crippen LogP contribution in [-0.2, 0) is 10.1 Å². The van der Waals surface area contributed by atoms with Crippen LogP contribution in [0.3, 0.4) is 0 Å². The molecule has 0 atom stereocenters. The molecule has 0 unspecified atom stereocenters. The predicted molar refractivity (Wildman–Crippen MR) is 168 cm³/mol. The number of hydrogen-bond donors (Lipinski definition) is 0. The van der Waals surface area contributed by atoms with Crippen LogP contribution in [0.5, 0.6) is 0 Å². The summed E-state index contributed by atoms with van der Waals surface area (Å²) in [5, 5.41) is 1.17. The zero-order valence-electron chi connectivity index (χ0n) is 25.3. The van der Waals surface area contributed by atoms with Crippen LogP contribution >= 0.6 is 15.9 Å². The van der Waals surface area contributed by atoms with Crippen molar-refractivity contribution in [2.75, 3.05) is 32.0 Å². The van der Waals surface area contributed by atoms with Crippen LogP contribution in [0.1, 0.15) is 135 Å². The van der Waals surface area contributed by atoms with E-state index in [9.17, 15) is 13.0 Å². The van der Waals surface area contributed by atoms with Gasteiger partial charge >= 0.3 is 0 Å². The quantitative estimate of drug-likeness (QED) is 0.0531. The van der Waals surface area contributed by atoms with Crippen molar-refractivity contribution in [1.29, 1.82) is 0 Å². The summed E-state index contributed by atoms with van der Waals surface area (Å²) in [7, 11) is -1.73. The largest absolute Gasteiger partial charge is 0.744 e. The Balaban J connectivity index is 0.00000103. The van der Waals surface area contributed by atoms with Gasteiger partial charge in [-0.25, -0.2) is 8.42 Å². The molecule has 0 saturated heterocycles. The van der Waals surface area contributed by atoms with Gasteiger partial charge in [-0.05, 0) is 57.6 Å². The zero-order chi connectivity index (χ0) is 28.5. The van der Waals surface area contributed by atoms with Gasteiger partial charge in [0.2, 0.25) is 0 Å². The number of nitrogens with zero attached hydrogens (tertiary/aromatic N) is 1. The van der Waals surface area contributed by atoms with Crippen molar-refractivity contribution in [3.8, 4) is 0 Å². The second kappa shape index (κ2) is 24.4. The molecular formula is C32H60BrNO3S. The van der Waals surface area contributed by atoms with E-state index in [-0.39, 0.29) is 4.90 Å². The maximum absolute atomic E-state index is 10.4. The lowest BCUT2D eigenvalue weighted by Crippen LogP contribution is -2.46. The fraction of sp³-hybridized carbons (Fsp3) is 0.812. The van der Waals surface area contributed by atoms with Crippen LogP contribution in [0, 0.1) is 6.92 Å². The van der Waals surface area contributed by atoms with E-state index in [1.165, 1.54) is 157 Å². The molecule has 0 aromatic heterocycles. The number of halogens is 1. The van der Waals surface area contributed by atoms with E-state index >= 15 is 0 Å². The molecule has 0 spiro atoms. The van der Waals surface area contributed by atoms with Gasteiger partial charge in [-0.3, -0.25) is 0 Å². The smallest absolute Gasteiger partial charge is 0.124 e. The van der Waals surface area contributed by atoms with E-state index in [2.05, 4.69) is 36.8 Å². The Morgan fingerprint density at radius 2 is 0.974 bits per heavy atom. The third-order valence-electron chi connectivity index (χ3n) is 7.49. The molecular weight excluding hydrogens is 558 g/mol. The van der Waals surface area contributed by atoms with Crippen LogP contribution < -0.4 is 0 Å². The summed E-state index contributed by atoms with van der Waals surface area (Å²) >= 11 is 3.61. The molecule has 0 amide bonds. The van der Waals surface area contributed by atoms with Gasteiger partial charge in [-0.1, -0.05) is 125 Å². The molecule has 224 valence electrons. The predicted octanol–water partition coefficient (Wildman–Crippen LogP) is 9.79. The van der Waals surface area contributed by atoms with Crippen LogP contribution in [0.2, 0.25) is 0 Å². The molecule has 1 aromatic rings. The highest BCUT2D eigenvalue weighted by atomic mass is 79.9. The van der Waals surface area contributed by atoms with Gasteiger partial charge in [0.25, 0.3) is 0 Å². The minimum absolute atomic E-state index is 0.178. The Bertz CT molecular complexity index is 732. The van der Waals surface area contributed by atoms with Gasteiger partial charge < -0.3 is 9.04 Å². The van der Waals surface area contributed by atoms with Crippen LogP contribution in [0.4, 0.5) is 0 Å². The average molecular weight is 619 g/mol. The summed E-state index contributed by atoms with van der Waals surface area (Å²) in [5.74, 6) is 0. The van der Waals surface area contributed by atoms with Gasteiger partial charge in [-0.2, -0.15) is 0 Å². The van der Waals surface area contributed by atoms with Gasteiger partial charge in [0, 0.05) is 5.33 Å². The summed E-state index contributed by atoms with van der Waals surface area (Å²) in [4.78, 5) is -0.178. The van der Waals surface area contributed by atoms with Crippen molar-refractivity contribution in [2.45, 2.75) is 141 Å². The molecule has 0 aliphatic carbocycles. The molecule has 1 aromatic carbocycles. The van der Waals surface area contributed by atoms with E-state index in [0.29, 0.717) is 0 Å². The van der Waals surface area contributed by atoms with Crippen LogP contribution in [0.15, 0.2) is 29.2 Å². The SMILES string of the molecule is CCCCCCCCCC[N+](C)(CCCCBr)CCCCCCCCCC.Cc1ccc(S(=O)(=O)[O-])cc1. The second-order valence-corrected chi connectivity index (χ2v) is 13.6. The monoisotopic (exact) mass is 617 g/mol. The lowest BCUT2D eigenvalue weighted by molar-refractivity contribution is -0.910.